The van der Waals surface area contributed by atoms with Crippen LogP contribution in [0.25, 0.3) is 54.7 Å². The van der Waals surface area contributed by atoms with Crippen molar-refractivity contribution in [2.45, 2.75) is 0 Å². The van der Waals surface area contributed by atoms with Crippen LogP contribution in [0.3, 0.4) is 0 Å². The summed E-state index contributed by atoms with van der Waals surface area (Å²) in [4.78, 5) is 4.42. The highest BCUT2D eigenvalue weighted by Gasteiger charge is 2.18. The Labute approximate surface area is 160 Å². The van der Waals surface area contributed by atoms with Crippen molar-refractivity contribution >= 4 is 43.5 Å². The number of hydrogen-bond donors (Lipinski definition) is 1. The van der Waals surface area contributed by atoms with E-state index >= 15 is 0 Å². The van der Waals surface area contributed by atoms with Gasteiger partial charge in [0, 0.05) is 22.4 Å². The molecule has 0 unspecified atom stereocenters. The summed E-state index contributed by atoms with van der Waals surface area (Å²) in [5, 5.41) is 17.2. The van der Waals surface area contributed by atoms with Gasteiger partial charge >= 0.3 is 0 Å². The molecule has 2 aromatic heterocycles. The van der Waals surface area contributed by atoms with Crippen LogP contribution in [-0.2, 0) is 0 Å². The Morgan fingerprint density at radius 3 is 2.29 bits per heavy atom. The molecule has 0 spiro atoms. The molecular weight excluding hydrogens is 346 g/mol. The zero-order valence-corrected chi connectivity index (χ0v) is 14.9. The summed E-state index contributed by atoms with van der Waals surface area (Å²) in [5.74, 6) is 0.166. The average molecular weight is 361 g/mol. The van der Waals surface area contributed by atoms with E-state index in [1.54, 1.807) is 12.3 Å². The molecule has 0 aliphatic carbocycles. The first-order chi connectivity index (χ1) is 13.8. The number of pyridine rings is 1. The number of fused-ring (bicyclic) bond motifs is 7. The number of phenols is 1. The first kappa shape index (κ1) is 15.2. The number of furan rings is 1. The van der Waals surface area contributed by atoms with Gasteiger partial charge in [0.15, 0.2) is 0 Å². The third-order valence-corrected chi connectivity index (χ3v) is 5.41. The lowest BCUT2D eigenvalue weighted by atomic mass is 9.99. The molecule has 6 aromatic rings. The van der Waals surface area contributed by atoms with E-state index in [4.69, 9.17) is 4.42 Å². The van der Waals surface area contributed by atoms with E-state index in [-0.39, 0.29) is 5.75 Å². The zero-order chi connectivity index (χ0) is 18.7. The fraction of sp³-hybridized carbons (Fsp3) is 0. The number of aromatic nitrogens is 1. The Bertz CT molecular complexity index is 1510. The topological polar surface area (TPSA) is 46.3 Å². The molecule has 0 amide bonds. The largest absolute Gasteiger partial charge is 0.507 e. The van der Waals surface area contributed by atoms with Crippen LogP contribution in [0.15, 0.2) is 89.5 Å². The number of benzene rings is 4. The van der Waals surface area contributed by atoms with Crippen LogP contribution in [0.2, 0.25) is 0 Å². The zero-order valence-electron chi connectivity index (χ0n) is 14.9. The van der Waals surface area contributed by atoms with Gasteiger partial charge in [-0.1, -0.05) is 48.5 Å². The van der Waals surface area contributed by atoms with Gasteiger partial charge in [0.1, 0.15) is 16.9 Å². The van der Waals surface area contributed by atoms with Crippen LogP contribution in [-0.4, -0.2) is 10.1 Å². The van der Waals surface area contributed by atoms with Gasteiger partial charge in [-0.25, -0.2) is 0 Å². The summed E-state index contributed by atoms with van der Waals surface area (Å²) < 4.78 is 6.44. The Balaban J connectivity index is 1.84. The lowest BCUT2D eigenvalue weighted by molar-refractivity contribution is 0.477. The van der Waals surface area contributed by atoms with Crippen molar-refractivity contribution in [2.24, 2.45) is 0 Å². The SMILES string of the molecule is Oc1ccc2c(oc3c2ccc2ccc4ccccc4c23)c1-c1ccccn1. The molecule has 6 rings (SSSR count). The fourth-order valence-electron chi connectivity index (χ4n) is 4.13. The summed E-state index contributed by atoms with van der Waals surface area (Å²) in [7, 11) is 0. The van der Waals surface area contributed by atoms with Crippen molar-refractivity contribution in [3.63, 3.8) is 0 Å². The predicted octanol–water partition coefficient (Wildman–Crippen LogP) is 6.66. The Morgan fingerprint density at radius 1 is 0.643 bits per heavy atom. The van der Waals surface area contributed by atoms with E-state index in [1.165, 1.54) is 5.39 Å². The highest BCUT2D eigenvalue weighted by Crippen LogP contribution is 2.43. The summed E-state index contributed by atoms with van der Waals surface area (Å²) >= 11 is 0. The van der Waals surface area contributed by atoms with Gasteiger partial charge in [-0.2, -0.15) is 0 Å². The summed E-state index contributed by atoms with van der Waals surface area (Å²) in [6.07, 6.45) is 1.72. The van der Waals surface area contributed by atoms with Gasteiger partial charge in [-0.15, -0.1) is 0 Å². The predicted molar refractivity (Wildman–Crippen MR) is 114 cm³/mol. The van der Waals surface area contributed by atoms with E-state index in [9.17, 15) is 5.11 Å². The quantitative estimate of drug-likeness (QED) is 0.333. The second-order valence-electron chi connectivity index (χ2n) is 6.98. The maximum atomic E-state index is 10.6. The molecule has 3 nitrogen and oxygen atoms in total. The Kier molecular flexibility index (Phi) is 3.03. The van der Waals surface area contributed by atoms with Crippen LogP contribution >= 0.6 is 0 Å². The third kappa shape index (κ3) is 2.01. The molecule has 0 aliphatic heterocycles. The van der Waals surface area contributed by atoms with Crippen molar-refractivity contribution in [3.8, 4) is 17.0 Å². The lowest BCUT2D eigenvalue weighted by Gasteiger charge is -2.04. The normalized spacial score (nSPS) is 11.7. The van der Waals surface area contributed by atoms with Gasteiger partial charge in [0.25, 0.3) is 0 Å². The number of phenolic OH excluding ortho intramolecular Hbond substituents is 1. The first-order valence-electron chi connectivity index (χ1n) is 9.21. The van der Waals surface area contributed by atoms with Crippen molar-refractivity contribution in [3.05, 3.63) is 85.1 Å². The standard InChI is InChI=1S/C25H15NO2/c27-21-13-12-19-18-11-10-16-9-8-15-5-1-2-6-17(15)22(16)24(18)28-25(19)23(21)20-7-3-4-14-26-20/h1-14,27H. The third-order valence-electron chi connectivity index (χ3n) is 5.41. The van der Waals surface area contributed by atoms with E-state index in [0.717, 1.165) is 32.5 Å². The Morgan fingerprint density at radius 2 is 1.39 bits per heavy atom. The number of hydrogen-bond acceptors (Lipinski definition) is 3. The highest BCUT2D eigenvalue weighted by molar-refractivity contribution is 6.24. The number of rotatable bonds is 1. The van der Waals surface area contributed by atoms with Gasteiger partial charge in [0.2, 0.25) is 0 Å². The molecule has 0 radical (unpaired) electrons. The maximum Gasteiger partial charge on any atom is 0.148 e. The number of nitrogens with zero attached hydrogens (tertiary/aromatic N) is 1. The molecule has 0 saturated carbocycles. The molecule has 3 heteroatoms. The van der Waals surface area contributed by atoms with E-state index < -0.39 is 0 Å². The van der Waals surface area contributed by atoms with E-state index in [0.29, 0.717) is 16.8 Å². The van der Waals surface area contributed by atoms with Crippen LogP contribution in [0.5, 0.6) is 5.75 Å². The second kappa shape index (κ2) is 5.57. The summed E-state index contributed by atoms with van der Waals surface area (Å²) in [6.45, 7) is 0. The van der Waals surface area contributed by atoms with Crippen LogP contribution in [0.4, 0.5) is 0 Å². The summed E-state index contributed by atoms with van der Waals surface area (Å²) in [5.41, 5.74) is 2.82. The molecule has 132 valence electrons. The van der Waals surface area contributed by atoms with Crippen LogP contribution < -0.4 is 0 Å². The van der Waals surface area contributed by atoms with Gasteiger partial charge in [0.05, 0.1) is 11.3 Å². The van der Waals surface area contributed by atoms with E-state index in [2.05, 4.69) is 47.4 Å². The Hall–Kier alpha value is -3.85. The minimum atomic E-state index is 0.166. The fourth-order valence-corrected chi connectivity index (χ4v) is 4.13. The monoisotopic (exact) mass is 361 g/mol. The molecule has 0 aliphatic rings. The molecule has 0 saturated heterocycles. The van der Waals surface area contributed by atoms with Crippen molar-refractivity contribution < 1.29 is 9.52 Å². The maximum absolute atomic E-state index is 10.6. The molecule has 0 atom stereocenters. The van der Waals surface area contributed by atoms with Crippen molar-refractivity contribution in [1.29, 1.82) is 0 Å². The minimum Gasteiger partial charge on any atom is -0.507 e. The molecular formula is C25H15NO2. The van der Waals surface area contributed by atoms with Crippen molar-refractivity contribution in [1.82, 2.24) is 4.98 Å². The highest BCUT2D eigenvalue weighted by atomic mass is 16.3. The van der Waals surface area contributed by atoms with Gasteiger partial charge in [-0.3, -0.25) is 4.98 Å². The molecule has 2 heterocycles. The van der Waals surface area contributed by atoms with Crippen LogP contribution in [0, 0.1) is 0 Å². The molecule has 0 bridgehead atoms. The summed E-state index contributed by atoms with van der Waals surface area (Å²) in [6, 6.07) is 26.1. The lowest BCUT2D eigenvalue weighted by Crippen LogP contribution is -1.83. The molecule has 1 N–H and O–H groups in total. The van der Waals surface area contributed by atoms with Gasteiger partial charge in [-0.05, 0) is 46.5 Å². The second-order valence-corrected chi connectivity index (χ2v) is 6.98. The van der Waals surface area contributed by atoms with Crippen molar-refractivity contribution in [2.75, 3.05) is 0 Å². The first-order valence-corrected chi connectivity index (χ1v) is 9.21. The van der Waals surface area contributed by atoms with E-state index in [1.807, 2.05) is 30.3 Å². The molecule has 4 aromatic carbocycles. The number of aromatic hydroxyl groups is 1. The smallest absolute Gasteiger partial charge is 0.148 e. The van der Waals surface area contributed by atoms with Crippen LogP contribution in [0.1, 0.15) is 0 Å². The minimum absolute atomic E-state index is 0.166. The average Bonchev–Trinajstić information content (AvgIpc) is 3.12. The van der Waals surface area contributed by atoms with Gasteiger partial charge < -0.3 is 9.52 Å². The molecule has 28 heavy (non-hydrogen) atoms. The molecule has 0 fully saturated rings.